The first-order valence-electron chi connectivity index (χ1n) is 6.10. The van der Waals surface area contributed by atoms with Crippen LogP contribution in [0.25, 0.3) is 0 Å². The van der Waals surface area contributed by atoms with E-state index in [9.17, 15) is 9.59 Å². The van der Waals surface area contributed by atoms with E-state index in [1.807, 2.05) is 6.07 Å². The van der Waals surface area contributed by atoms with Crippen LogP contribution in [0.3, 0.4) is 0 Å². The largest absolute Gasteiger partial charge is 0.480 e. The van der Waals surface area contributed by atoms with Gasteiger partial charge in [0.1, 0.15) is 12.6 Å². The molecule has 108 valence electrons. The van der Waals surface area contributed by atoms with Crippen LogP contribution in [-0.2, 0) is 22.5 Å². The fraction of sp³-hybridized carbons (Fsp3) is 0.286. The Morgan fingerprint density at radius 1 is 1.45 bits per heavy atom. The molecule has 0 aliphatic carbocycles. The van der Waals surface area contributed by atoms with Gasteiger partial charge in [-0.25, -0.2) is 4.79 Å². The molecule has 6 heteroatoms. The number of carboxylic acid groups (broad SMARTS) is 1. The van der Waals surface area contributed by atoms with Gasteiger partial charge in [-0.2, -0.15) is 0 Å². The fourth-order valence-corrected chi connectivity index (χ4v) is 1.57. The van der Waals surface area contributed by atoms with Gasteiger partial charge in [-0.15, -0.1) is 0 Å². The summed E-state index contributed by atoms with van der Waals surface area (Å²) < 4.78 is 4.77. The number of amides is 1. The number of carbonyl (C=O) groups is 2. The Morgan fingerprint density at radius 2 is 2.15 bits per heavy atom. The van der Waals surface area contributed by atoms with E-state index in [2.05, 4.69) is 11.9 Å². The van der Waals surface area contributed by atoms with E-state index in [0.29, 0.717) is 6.54 Å². The van der Waals surface area contributed by atoms with Crippen LogP contribution in [-0.4, -0.2) is 29.8 Å². The first-order chi connectivity index (χ1) is 9.52. The number of hydrogen-bond acceptors (Lipinski definition) is 4. The summed E-state index contributed by atoms with van der Waals surface area (Å²) in [4.78, 5) is 21.9. The molecule has 0 bridgehead atoms. The van der Waals surface area contributed by atoms with Crippen LogP contribution in [0.1, 0.15) is 11.1 Å². The molecule has 6 nitrogen and oxygen atoms in total. The highest BCUT2D eigenvalue weighted by Gasteiger charge is 2.12. The maximum Gasteiger partial charge on any atom is 0.407 e. The van der Waals surface area contributed by atoms with Gasteiger partial charge in [-0.3, -0.25) is 4.79 Å². The predicted octanol–water partition coefficient (Wildman–Crippen LogP) is 1.05. The van der Waals surface area contributed by atoms with Crippen molar-refractivity contribution >= 4 is 12.1 Å². The Kier molecular flexibility index (Phi) is 6.25. The van der Waals surface area contributed by atoms with Gasteiger partial charge in [0.2, 0.25) is 0 Å². The van der Waals surface area contributed by atoms with E-state index in [-0.39, 0.29) is 13.0 Å². The Balaban J connectivity index is 2.53. The summed E-state index contributed by atoms with van der Waals surface area (Å²) in [5, 5.41) is 11.3. The highest BCUT2D eigenvalue weighted by atomic mass is 16.5. The number of benzene rings is 1. The molecule has 1 rings (SSSR count). The topological polar surface area (TPSA) is 102 Å². The Morgan fingerprint density at radius 3 is 2.80 bits per heavy atom. The van der Waals surface area contributed by atoms with E-state index >= 15 is 0 Å². The van der Waals surface area contributed by atoms with Crippen molar-refractivity contribution < 1.29 is 19.4 Å². The zero-order valence-corrected chi connectivity index (χ0v) is 11.0. The summed E-state index contributed by atoms with van der Waals surface area (Å²) >= 11 is 0. The van der Waals surface area contributed by atoms with Crippen molar-refractivity contribution in [3.8, 4) is 0 Å². The van der Waals surface area contributed by atoms with Crippen molar-refractivity contribution in [2.24, 2.45) is 5.73 Å². The van der Waals surface area contributed by atoms with E-state index in [4.69, 9.17) is 15.6 Å². The van der Waals surface area contributed by atoms with E-state index < -0.39 is 18.1 Å². The first-order valence-corrected chi connectivity index (χ1v) is 6.10. The summed E-state index contributed by atoms with van der Waals surface area (Å²) in [5.74, 6) is -1.04. The van der Waals surface area contributed by atoms with Crippen molar-refractivity contribution in [2.75, 3.05) is 6.61 Å². The lowest BCUT2D eigenvalue weighted by Gasteiger charge is -2.09. The molecule has 20 heavy (non-hydrogen) atoms. The molecule has 0 radical (unpaired) electrons. The lowest BCUT2D eigenvalue weighted by Crippen LogP contribution is -2.32. The summed E-state index contributed by atoms with van der Waals surface area (Å²) in [5.41, 5.74) is 7.12. The number of hydrogen-bond donors (Lipinski definition) is 3. The third-order valence-corrected chi connectivity index (χ3v) is 2.53. The van der Waals surface area contributed by atoms with Crippen LogP contribution in [0, 0.1) is 0 Å². The molecule has 0 saturated carbocycles. The molecule has 0 saturated heterocycles. The second-order valence-electron chi connectivity index (χ2n) is 4.21. The zero-order valence-electron chi connectivity index (χ0n) is 11.0. The highest BCUT2D eigenvalue weighted by Crippen LogP contribution is 2.07. The standard InChI is InChI=1S/C14H18N2O4/c1-2-6-20-14(19)16-9-11-5-3-4-10(7-11)8-12(15)13(17)18/h2-5,7,12H,1,6,8-9,15H2,(H,16,19)(H,17,18)/t12-/m0/s1. The Bertz CT molecular complexity index is 488. The van der Waals surface area contributed by atoms with Gasteiger partial charge in [-0.1, -0.05) is 36.9 Å². The molecule has 0 spiro atoms. The van der Waals surface area contributed by atoms with Gasteiger partial charge in [0.15, 0.2) is 0 Å². The van der Waals surface area contributed by atoms with Crippen molar-refractivity contribution in [1.29, 1.82) is 0 Å². The average molecular weight is 278 g/mol. The number of rotatable bonds is 7. The molecule has 1 aromatic rings. The maximum atomic E-state index is 11.2. The van der Waals surface area contributed by atoms with E-state index in [1.165, 1.54) is 6.08 Å². The predicted molar refractivity (Wildman–Crippen MR) is 74.1 cm³/mol. The summed E-state index contributed by atoms with van der Waals surface area (Å²) in [6.07, 6.45) is 1.19. The SMILES string of the molecule is C=CCOC(=O)NCc1cccc(C[C@H](N)C(=O)O)c1. The Hall–Kier alpha value is -2.34. The zero-order chi connectivity index (χ0) is 15.0. The first kappa shape index (κ1) is 15.7. The molecule has 0 heterocycles. The minimum absolute atomic E-state index is 0.152. The Labute approximate surface area is 117 Å². The number of nitrogens with one attached hydrogen (secondary N) is 1. The molecule has 1 atom stereocenters. The molecule has 0 fully saturated rings. The van der Waals surface area contributed by atoms with Crippen LogP contribution < -0.4 is 11.1 Å². The third-order valence-electron chi connectivity index (χ3n) is 2.53. The smallest absolute Gasteiger partial charge is 0.407 e. The molecule has 0 aliphatic rings. The van der Waals surface area contributed by atoms with Crippen LogP contribution in [0.4, 0.5) is 4.79 Å². The quantitative estimate of drug-likeness (QED) is 0.647. The van der Waals surface area contributed by atoms with Crippen LogP contribution in [0.15, 0.2) is 36.9 Å². The summed E-state index contributed by atoms with van der Waals surface area (Å²) in [6, 6.07) is 6.27. The van der Waals surface area contributed by atoms with Crippen LogP contribution in [0.2, 0.25) is 0 Å². The van der Waals surface area contributed by atoms with Gasteiger partial charge in [0.05, 0.1) is 0 Å². The van der Waals surface area contributed by atoms with Crippen LogP contribution >= 0.6 is 0 Å². The number of alkyl carbamates (subject to hydrolysis) is 1. The van der Waals surface area contributed by atoms with Gasteiger partial charge in [0.25, 0.3) is 0 Å². The van der Waals surface area contributed by atoms with Crippen molar-refractivity contribution in [3.05, 3.63) is 48.0 Å². The van der Waals surface area contributed by atoms with Crippen molar-refractivity contribution in [2.45, 2.75) is 19.0 Å². The average Bonchev–Trinajstić information content (AvgIpc) is 2.43. The highest BCUT2D eigenvalue weighted by molar-refractivity contribution is 5.73. The minimum atomic E-state index is -1.04. The monoisotopic (exact) mass is 278 g/mol. The molecule has 0 unspecified atom stereocenters. The second-order valence-corrected chi connectivity index (χ2v) is 4.21. The normalized spacial score (nSPS) is 11.4. The lowest BCUT2D eigenvalue weighted by atomic mass is 10.0. The molecule has 4 N–H and O–H groups in total. The number of ether oxygens (including phenoxy) is 1. The lowest BCUT2D eigenvalue weighted by molar-refractivity contribution is -0.138. The number of aliphatic carboxylic acids is 1. The van der Waals surface area contributed by atoms with Crippen molar-refractivity contribution in [3.63, 3.8) is 0 Å². The molecule has 1 aromatic carbocycles. The molecular weight excluding hydrogens is 260 g/mol. The van der Waals surface area contributed by atoms with Gasteiger partial charge < -0.3 is 20.9 Å². The molecule has 0 aliphatic heterocycles. The number of carbonyl (C=O) groups excluding carboxylic acids is 1. The number of nitrogens with two attached hydrogens (primary N) is 1. The van der Waals surface area contributed by atoms with E-state index in [1.54, 1.807) is 18.2 Å². The molecular formula is C14H18N2O4. The molecule has 1 amide bonds. The van der Waals surface area contributed by atoms with Gasteiger partial charge in [0, 0.05) is 6.54 Å². The minimum Gasteiger partial charge on any atom is -0.480 e. The second kappa shape index (κ2) is 7.96. The van der Waals surface area contributed by atoms with Gasteiger partial charge in [-0.05, 0) is 17.5 Å². The van der Waals surface area contributed by atoms with Crippen LogP contribution in [0.5, 0.6) is 0 Å². The van der Waals surface area contributed by atoms with E-state index in [0.717, 1.165) is 11.1 Å². The van der Waals surface area contributed by atoms with Crippen molar-refractivity contribution in [1.82, 2.24) is 5.32 Å². The summed E-state index contributed by atoms with van der Waals surface area (Å²) in [6.45, 7) is 3.89. The third kappa shape index (κ3) is 5.53. The van der Waals surface area contributed by atoms with Gasteiger partial charge >= 0.3 is 12.1 Å². The maximum absolute atomic E-state index is 11.2. The summed E-state index contributed by atoms with van der Waals surface area (Å²) in [7, 11) is 0. The fourth-order valence-electron chi connectivity index (χ4n) is 1.57. The molecule has 0 aromatic heterocycles. The number of carboxylic acids is 1.